The molecule has 0 spiro atoms. The first kappa shape index (κ1) is 38.3. The predicted molar refractivity (Wildman–Crippen MR) is 173 cm³/mol. The third kappa shape index (κ3) is 5.13. The summed E-state index contributed by atoms with van der Waals surface area (Å²) in [5.74, 6) is -10.6. The minimum Gasteiger partial charge on any atom is -0.472 e. The van der Waals surface area contributed by atoms with E-state index < -0.39 is 130 Å². The first-order chi connectivity index (χ1) is 24.6. The quantitative estimate of drug-likeness (QED) is 0.299. The number of methoxy groups -OCH3 is 1. The second-order valence-electron chi connectivity index (χ2n) is 15.9. The van der Waals surface area contributed by atoms with Crippen molar-refractivity contribution in [3.63, 3.8) is 0 Å². The largest absolute Gasteiger partial charge is 0.472 e. The maximum Gasteiger partial charge on any atom is 0.347 e. The van der Waals surface area contributed by atoms with Crippen LogP contribution in [-0.2, 0) is 66.7 Å². The number of rotatable bonds is 8. The van der Waals surface area contributed by atoms with Crippen molar-refractivity contribution in [1.29, 1.82) is 0 Å². The Kier molecular flexibility index (Phi) is 9.06. The van der Waals surface area contributed by atoms with E-state index in [1.54, 1.807) is 26.8 Å². The van der Waals surface area contributed by atoms with E-state index in [-0.39, 0.29) is 12.8 Å². The molecule has 4 saturated carbocycles. The Morgan fingerprint density at radius 1 is 0.868 bits per heavy atom. The fourth-order valence-electron chi connectivity index (χ4n) is 12.0. The van der Waals surface area contributed by atoms with Crippen LogP contribution in [0.25, 0.3) is 0 Å². The minimum absolute atomic E-state index is 0.109. The summed E-state index contributed by atoms with van der Waals surface area (Å²) in [5.41, 5.74) is -8.10. The predicted octanol–water partition coefficient (Wildman–Crippen LogP) is 2.52. The van der Waals surface area contributed by atoms with Crippen molar-refractivity contribution < 1.29 is 76.2 Å². The molecule has 53 heavy (non-hydrogen) atoms. The molecule has 1 aliphatic heterocycles. The van der Waals surface area contributed by atoms with Gasteiger partial charge in [0.1, 0.15) is 35.6 Å². The fraction of sp³-hybridized carbons (Fsp3) is 0.703. The van der Waals surface area contributed by atoms with Crippen molar-refractivity contribution in [3.8, 4) is 0 Å². The molecule has 0 amide bonds. The zero-order chi connectivity index (χ0) is 39.2. The molecule has 2 heterocycles. The van der Waals surface area contributed by atoms with Crippen LogP contribution in [0.4, 0.5) is 0 Å². The Morgan fingerprint density at radius 3 is 2.02 bits per heavy atom. The van der Waals surface area contributed by atoms with Gasteiger partial charge in [0, 0.05) is 68.8 Å². The average Bonchev–Trinajstić information content (AvgIpc) is 3.70. The zero-order valence-electron chi connectivity index (χ0n) is 31.1. The number of hydrogen-bond donors (Lipinski definition) is 1. The summed E-state index contributed by atoms with van der Waals surface area (Å²) >= 11 is 0. The van der Waals surface area contributed by atoms with Gasteiger partial charge in [0.15, 0.2) is 0 Å². The SMILES string of the molecule is COC(=O)C(OC(C)=O)[C@H]1[C@]2(C)C[C@]3(OC(C)=O)[C@H]([C@H]2OC(C)=O)[C@@H](OC(C)=O)[C@]2(O)[C@@H]4CC(=O)O[C@@H](c5ccoc5)[C@]4(C)[C@@H](OC(C)=O)C[C@@H]2[C@]13C. The molecule has 6 rings (SSSR count). The van der Waals surface area contributed by atoms with E-state index in [9.17, 15) is 38.7 Å². The molecule has 1 saturated heterocycles. The van der Waals surface area contributed by atoms with Gasteiger partial charge in [0.25, 0.3) is 0 Å². The summed E-state index contributed by atoms with van der Waals surface area (Å²) in [5, 5.41) is 13.9. The molecular weight excluding hydrogens is 700 g/mol. The van der Waals surface area contributed by atoms with E-state index in [2.05, 4.69) is 0 Å². The standard InChI is InChI=1S/C37H46O16/c1-16(38)48-24-12-23-35(8)28(27(32(44)46-9)49-17(2)39)33(6)15-36(35,53-20(5)42)26(30(33)50-18(3)40)31(51-19(4)41)37(23,45)22-13-25(43)52-29(34(22,24)7)21-10-11-47-14-21/h10-11,14,22-24,26-31,45H,12-13,15H2,1-9H3/t22-,23-,24+,26-,27?,28+,29+,30-,31-,33+,34+,35-,36+,37+/m1/s1. The summed E-state index contributed by atoms with van der Waals surface area (Å²) < 4.78 is 46.9. The Labute approximate surface area is 305 Å². The van der Waals surface area contributed by atoms with Crippen LogP contribution in [0.3, 0.4) is 0 Å². The molecular formula is C37H46O16. The van der Waals surface area contributed by atoms with Crippen LogP contribution in [0.5, 0.6) is 0 Å². The number of hydrogen-bond acceptors (Lipinski definition) is 16. The van der Waals surface area contributed by atoms with Gasteiger partial charge in [0.05, 0.1) is 37.4 Å². The highest BCUT2D eigenvalue weighted by Gasteiger charge is 2.92. The van der Waals surface area contributed by atoms with Gasteiger partial charge < -0.3 is 42.7 Å². The van der Waals surface area contributed by atoms with Gasteiger partial charge in [-0.3, -0.25) is 28.8 Å². The fourth-order valence-corrected chi connectivity index (χ4v) is 12.0. The molecule has 14 atom stereocenters. The lowest BCUT2D eigenvalue weighted by atomic mass is 9.35. The van der Waals surface area contributed by atoms with Crippen LogP contribution in [0.1, 0.15) is 86.3 Å². The maximum atomic E-state index is 13.9. The van der Waals surface area contributed by atoms with E-state index in [0.29, 0.717) is 5.56 Å². The summed E-state index contributed by atoms with van der Waals surface area (Å²) in [6.07, 6.45) is -4.95. The lowest BCUT2D eigenvalue weighted by Gasteiger charge is -2.73. The molecule has 1 aromatic heterocycles. The Hall–Kier alpha value is -4.47. The monoisotopic (exact) mass is 746 g/mol. The smallest absolute Gasteiger partial charge is 0.347 e. The molecule has 4 aliphatic carbocycles. The van der Waals surface area contributed by atoms with Crippen LogP contribution >= 0.6 is 0 Å². The second-order valence-corrected chi connectivity index (χ2v) is 15.9. The molecule has 16 nitrogen and oxygen atoms in total. The summed E-state index contributed by atoms with van der Waals surface area (Å²) in [6, 6.07) is 1.57. The number of esters is 7. The Morgan fingerprint density at radius 2 is 1.49 bits per heavy atom. The summed E-state index contributed by atoms with van der Waals surface area (Å²) in [6.45, 7) is 10.8. The van der Waals surface area contributed by atoms with Crippen molar-refractivity contribution in [1.82, 2.24) is 0 Å². The van der Waals surface area contributed by atoms with Crippen LogP contribution < -0.4 is 0 Å². The van der Waals surface area contributed by atoms with Crippen LogP contribution in [0.2, 0.25) is 0 Å². The number of furan rings is 1. The molecule has 0 aromatic carbocycles. The van der Waals surface area contributed by atoms with E-state index in [0.717, 1.165) is 27.9 Å². The van der Waals surface area contributed by atoms with E-state index >= 15 is 0 Å². The summed E-state index contributed by atoms with van der Waals surface area (Å²) in [4.78, 5) is 92.5. The normalized spacial score (nSPS) is 42.5. The second kappa shape index (κ2) is 12.6. The van der Waals surface area contributed by atoms with Gasteiger partial charge >= 0.3 is 41.8 Å². The van der Waals surface area contributed by atoms with Crippen LogP contribution in [-0.4, -0.2) is 89.6 Å². The van der Waals surface area contributed by atoms with Crippen LogP contribution in [0, 0.1) is 39.9 Å². The number of aliphatic hydroxyl groups is 1. The number of ether oxygens (including phenoxy) is 7. The third-order valence-corrected chi connectivity index (χ3v) is 13.2. The van der Waals surface area contributed by atoms with Gasteiger partial charge in [-0.15, -0.1) is 0 Å². The maximum absolute atomic E-state index is 13.9. The van der Waals surface area contributed by atoms with E-state index in [1.165, 1.54) is 26.4 Å². The highest BCUT2D eigenvalue weighted by Crippen LogP contribution is 2.82. The lowest BCUT2D eigenvalue weighted by molar-refractivity contribution is -0.369. The van der Waals surface area contributed by atoms with E-state index in [1.807, 2.05) is 0 Å². The molecule has 290 valence electrons. The Balaban J connectivity index is 1.73. The molecule has 0 radical (unpaired) electrons. The number of carbonyl (C=O) groups is 7. The third-order valence-electron chi connectivity index (χ3n) is 13.2. The van der Waals surface area contributed by atoms with Gasteiger partial charge in [-0.25, -0.2) is 4.79 Å². The molecule has 2 bridgehead atoms. The van der Waals surface area contributed by atoms with Crippen molar-refractivity contribution in [3.05, 3.63) is 24.2 Å². The van der Waals surface area contributed by atoms with Gasteiger partial charge in [-0.05, 0) is 18.9 Å². The topological polar surface area (TPSA) is 217 Å². The van der Waals surface area contributed by atoms with Crippen molar-refractivity contribution in [2.45, 2.75) is 116 Å². The number of carbonyl (C=O) groups excluding carboxylic acids is 7. The molecule has 1 unspecified atom stereocenters. The number of cyclic esters (lactones) is 1. The van der Waals surface area contributed by atoms with Gasteiger partial charge in [0.2, 0.25) is 6.10 Å². The van der Waals surface area contributed by atoms with Crippen molar-refractivity contribution in [2.75, 3.05) is 7.11 Å². The average molecular weight is 747 g/mol. The van der Waals surface area contributed by atoms with Crippen molar-refractivity contribution in [2.24, 2.45) is 39.9 Å². The van der Waals surface area contributed by atoms with Gasteiger partial charge in [-0.2, -0.15) is 0 Å². The lowest BCUT2D eigenvalue weighted by Crippen LogP contribution is -2.83. The van der Waals surface area contributed by atoms with E-state index in [4.69, 9.17) is 37.6 Å². The molecule has 16 heteroatoms. The highest BCUT2D eigenvalue weighted by molar-refractivity contribution is 5.80. The number of fused-ring (bicyclic) bond motifs is 5. The minimum atomic E-state index is -2.28. The highest BCUT2D eigenvalue weighted by atomic mass is 16.6. The summed E-state index contributed by atoms with van der Waals surface area (Å²) in [7, 11) is 1.10. The zero-order valence-corrected chi connectivity index (χ0v) is 31.1. The molecule has 1 aromatic rings. The van der Waals surface area contributed by atoms with Gasteiger partial charge in [-0.1, -0.05) is 20.8 Å². The van der Waals surface area contributed by atoms with Crippen molar-refractivity contribution >= 4 is 41.8 Å². The molecule has 1 N–H and O–H groups in total. The first-order valence-corrected chi connectivity index (χ1v) is 17.5. The first-order valence-electron chi connectivity index (χ1n) is 17.5. The molecule has 5 fully saturated rings. The molecule has 5 aliphatic rings. The van der Waals surface area contributed by atoms with Crippen LogP contribution in [0.15, 0.2) is 23.0 Å². The Bertz CT molecular complexity index is 1740.